The van der Waals surface area contributed by atoms with Gasteiger partial charge in [0, 0.05) is 4.88 Å². The van der Waals surface area contributed by atoms with Gasteiger partial charge in [-0.25, -0.2) is 4.79 Å². The molecule has 0 aliphatic heterocycles. The first-order chi connectivity index (χ1) is 13.0. The molecule has 0 saturated heterocycles. The van der Waals surface area contributed by atoms with E-state index in [-0.39, 0.29) is 12.4 Å². The summed E-state index contributed by atoms with van der Waals surface area (Å²) in [6.07, 6.45) is 0. The fourth-order valence-electron chi connectivity index (χ4n) is 2.32. The minimum absolute atomic E-state index is 0.127. The van der Waals surface area contributed by atoms with E-state index in [1.807, 2.05) is 31.2 Å². The summed E-state index contributed by atoms with van der Waals surface area (Å²) in [4.78, 5) is 25.1. The first-order valence-electron chi connectivity index (χ1n) is 7.94. The predicted octanol–water partition coefficient (Wildman–Crippen LogP) is 5.03. The zero-order chi connectivity index (χ0) is 19.4. The molecule has 0 radical (unpaired) electrons. The Balaban J connectivity index is 1.67. The number of rotatable bonds is 6. The smallest absolute Gasteiger partial charge is 0.340 e. The first kappa shape index (κ1) is 19.2. The van der Waals surface area contributed by atoms with Crippen LogP contribution in [0.4, 0.5) is 5.00 Å². The normalized spacial score (nSPS) is 10.5. The number of aryl methyl sites for hydroxylation is 1. The van der Waals surface area contributed by atoms with E-state index in [9.17, 15) is 9.59 Å². The second kappa shape index (κ2) is 8.41. The zero-order valence-corrected chi connectivity index (χ0v) is 17.0. The molecule has 1 amide bonds. The molecule has 2 aromatic heterocycles. The van der Waals surface area contributed by atoms with Crippen molar-refractivity contribution in [3.05, 3.63) is 68.9 Å². The predicted molar refractivity (Wildman–Crippen MR) is 106 cm³/mol. The Hall–Kier alpha value is -2.58. The van der Waals surface area contributed by atoms with E-state index in [4.69, 9.17) is 13.9 Å². The van der Waals surface area contributed by atoms with Crippen molar-refractivity contribution < 1.29 is 23.5 Å². The van der Waals surface area contributed by atoms with Crippen LogP contribution in [0.1, 0.15) is 31.6 Å². The summed E-state index contributed by atoms with van der Waals surface area (Å²) in [6.45, 7) is 2.03. The molecule has 27 heavy (non-hydrogen) atoms. The molecular weight excluding hydrogens is 434 g/mol. The third-order valence-corrected chi connectivity index (χ3v) is 5.20. The van der Waals surface area contributed by atoms with Gasteiger partial charge in [-0.2, -0.15) is 0 Å². The Bertz CT molecular complexity index is 978. The Morgan fingerprint density at radius 2 is 2.00 bits per heavy atom. The van der Waals surface area contributed by atoms with Gasteiger partial charge in [0.25, 0.3) is 5.91 Å². The molecule has 0 bridgehead atoms. The van der Waals surface area contributed by atoms with Crippen molar-refractivity contribution >= 4 is 44.1 Å². The summed E-state index contributed by atoms with van der Waals surface area (Å²) in [6, 6.07) is 12.4. The van der Waals surface area contributed by atoms with Crippen LogP contribution in [0.5, 0.6) is 5.75 Å². The molecule has 0 aliphatic rings. The van der Waals surface area contributed by atoms with Gasteiger partial charge in [0.15, 0.2) is 5.76 Å². The van der Waals surface area contributed by atoms with Gasteiger partial charge >= 0.3 is 5.97 Å². The second-order valence-electron chi connectivity index (χ2n) is 5.53. The number of carbonyl (C=O) groups excluding carboxylic acids is 2. The highest BCUT2D eigenvalue weighted by atomic mass is 79.9. The number of nitrogens with one attached hydrogen (secondary N) is 1. The van der Waals surface area contributed by atoms with Gasteiger partial charge in [-0.15, -0.1) is 11.3 Å². The third-order valence-electron chi connectivity index (χ3n) is 3.58. The summed E-state index contributed by atoms with van der Waals surface area (Å²) in [5, 5.41) is 3.12. The number of hydrogen-bond acceptors (Lipinski definition) is 6. The molecule has 0 saturated carbocycles. The summed E-state index contributed by atoms with van der Waals surface area (Å²) >= 11 is 4.70. The maximum atomic E-state index is 12.4. The van der Waals surface area contributed by atoms with Crippen LogP contribution in [0, 0.1) is 6.92 Å². The van der Waals surface area contributed by atoms with Gasteiger partial charge in [-0.1, -0.05) is 12.1 Å². The van der Waals surface area contributed by atoms with Crippen molar-refractivity contribution in [2.45, 2.75) is 13.5 Å². The van der Waals surface area contributed by atoms with Gasteiger partial charge in [-0.3, -0.25) is 4.79 Å². The van der Waals surface area contributed by atoms with Gasteiger partial charge in [0.2, 0.25) is 0 Å². The number of anilines is 1. The third kappa shape index (κ3) is 4.58. The Morgan fingerprint density at radius 3 is 2.74 bits per heavy atom. The lowest BCUT2D eigenvalue weighted by Crippen LogP contribution is -2.13. The average molecular weight is 450 g/mol. The van der Waals surface area contributed by atoms with E-state index in [0.29, 0.717) is 22.1 Å². The number of amides is 1. The van der Waals surface area contributed by atoms with Crippen LogP contribution in [-0.2, 0) is 11.3 Å². The number of halogens is 1. The van der Waals surface area contributed by atoms with Gasteiger partial charge in [0.05, 0.1) is 17.1 Å². The summed E-state index contributed by atoms with van der Waals surface area (Å²) < 4.78 is 16.8. The fraction of sp³-hybridized carbons (Fsp3) is 0.158. The zero-order valence-electron chi connectivity index (χ0n) is 14.6. The minimum Gasteiger partial charge on any atom is -0.484 e. The number of para-hydroxylation sites is 1. The Labute approximate surface area is 168 Å². The molecule has 3 rings (SSSR count). The summed E-state index contributed by atoms with van der Waals surface area (Å²) in [7, 11) is 1.30. The van der Waals surface area contributed by atoms with Crippen LogP contribution in [0.3, 0.4) is 0 Å². The lowest BCUT2D eigenvalue weighted by atomic mass is 10.3. The molecule has 1 N–H and O–H groups in total. The van der Waals surface area contributed by atoms with Crippen molar-refractivity contribution in [3.63, 3.8) is 0 Å². The highest BCUT2D eigenvalue weighted by molar-refractivity contribution is 9.10. The standard InChI is InChI=1S/C19H16BrNO5S/c1-11-9-13(19(23)24-2)18(27-11)21-17(22)16-8-7-12(26-16)10-25-15-6-4-3-5-14(15)20/h3-9H,10H2,1-2H3,(H,21,22). The van der Waals surface area contributed by atoms with E-state index >= 15 is 0 Å². The molecule has 0 fully saturated rings. The number of hydrogen-bond donors (Lipinski definition) is 1. The topological polar surface area (TPSA) is 77.8 Å². The largest absolute Gasteiger partial charge is 0.484 e. The Morgan fingerprint density at radius 1 is 1.22 bits per heavy atom. The van der Waals surface area contributed by atoms with E-state index in [0.717, 1.165) is 9.35 Å². The number of carbonyl (C=O) groups is 2. The number of furan rings is 1. The monoisotopic (exact) mass is 449 g/mol. The maximum absolute atomic E-state index is 12.4. The van der Waals surface area contributed by atoms with E-state index in [1.165, 1.54) is 18.4 Å². The molecule has 0 aliphatic carbocycles. The van der Waals surface area contributed by atoms with Crippen molar-refractivity contribution in [1.82, 2.24) is 0 Å². The van der Waals surface area contributed by atoms with Crippen molar-refractivity contribution in [3.8, 4) is 5.75 Å². The van der Waals surface area contributed by atoms with Crippen LogP contribution in [-0.4, -0.2) is 19.0 Å². The van der Waals surface area contributed by atoms with Crippen molar-refractivity contribution in [2.24, 2.45) is 0 Å². The molecule has 0 spiro atoms. The fourth-order valence-corrected chi connectivity index (χ4v) is 3.62. The van der Waals surface area contributed by atoms with Crippen molar-refractivity contribution in [1.29, 1.82) is 0 Å². The van der Waals surface area contributed by atoms with Crippen LogP contribution in [0.2, 0.25) is 0 Å². The van der Waals surface area contributed by atoms with Gasteiger partial charge in [0.1, 0.15) is 23.1 Å². The van der Waals surface area contributed by atoms with Crippen LogP contribution in [0.15, 0.2) is 51.4 Å². The number of benzene rings is 1. The van der Waals surface area contributed by atoms with Crippen LogP contribution in [0.25, 0.3) is 0 Å². The molecule has 3 aromatic rings. The Kier molecular flexibility index (Phi) is 5.98. The molecule has 6 nitrogen and oxygen atoms in total. The first-order valence-corrected chi connectivity index (χ1v) is 9.55. The van der Waals surface area contributed by atoms with E-state index in [1.54, 1.807) is 18.2 Å². The number of thiophene rings is 1. The highest BCUT2D eigenvalue weighted by Crippen LogP contribution is 2.29. The number of methoxy groups -OCH3 is 1. The minimum atomic E-state index is -0.503. The van der Waals surface area contributed by atoms with Gasteiger partial charge in [-0.05, 0) is 53.2 Å². The lowest BCUT2D eigenvalue weighted by Gasteiger charge is -2.06. The second-order valence-corrected chi connectivity index (χ2v) is 7.64. The SMILES string of the molecule is COC(=O)c1cc(C)sc1NC(=O)c1ccc(COc2ccccc2Br)o1. The van der Waals surface area contributed by atoms with Crippen molar-refractivity contribution in [2.75, 3.05) is 12.4 Å². The number of esters is 1. The molecule has 8 heteroatoms. The summed E-state index contributed by atoms with van der Waals surface area (Å²) in [5.41, 5.74) is 0.317. The quantitative estimate of drug-likeness (QED) is 0.533. The highest BCUT2D eigenvalue weighted by Gasteiger charge is 2.19. The molecule has 140 valence electrons. The van der Waals surface area contributed by atoms with E-state index < -0.39 is 11.9 Å². The number of ether oxygens (including phenoxy) is 2. The van der Waals surface area contributed by atoms with Crippen LogP contribution < -0.4 is 10.1 Å². The lowest BCUT2D eigenvalue weighted by molar-refractivity contribution is 0.0602. The maximum Gasteiger partial charge on any atom is 0.340 e. The molecule has 0 unspecified atom stereocenters. The summed E-state index contributed by atoms with van der Waals surface area (Å²) in [5.74, 6) is 0.358. The average Bonchev–Trinajstić information content (AvgIpc) is 3.27. The molecular formula is C19H16BrNO5S. The molecule has 2 heterocycles. The molecule has 0 atom stereocenters. The van der Waals surface area contributed by atoms with E-state index in [2.05, 4.69) is 21.2 Å². The van der Waals surface area contributed by atoms with Crippen LogP contribution >= 0.6 is 27.3 Å². The van der Waals surface area contributed by atoms with Gasteiger partial charge < -0.3 is 19.2 Å². The molecule has 1 aromatic carbocycles.